The van der Waals surface area contributed by atoms with Crippen molar-refractivity contribution < 1.29 is 10.2 Å². The first-order valence-electron chi connectivity index (χ1n) is 5.48. The molecule has 1 atom stereocenters. The first-order valence-corrected chi connectivity index (χ1v) is 5.48. The van der Waals surface area contributed by atoms with Crippen LogP contribution in [0.5, 0.6) is 5.75 Å². The highest BCUT2D eigenvalue weighted by Gasteiger charge is 2.14. The van der Waals surface area contributed by atoms with Gasteiger partial charge in [0, 0.05) is 18.8 Å². The van der Waals surface area contributed by atoms with E-state index in [1.165, 1.54) is 0 Å². The molecule has 1 aromatic carbocycles. The molecule has 1 aromatic rings. The number of nitrogens with zero attached hydrogens (tertiary/aromatic N) is 1. The van der Waals surface area contributed by atoms with Crippen molar-refractivity contribution in [1.29, 1.82) is 0 Å². The summed E-state index contributed by atoms with van der Waals surface area (Å²) >= 11 is 0. The number of hydrogen-bond acceptors (Lipinski definition) is 3. The molecular formula is C12H17NO2. The predicted octanol–water partition coefficient (Wildman–Crippen LogP) is 1.74. The van der Waals surface area contributed by atoms with Gasteiger partial charge in [0.05, 0.1) is 6.10 Å². The van der Waals surface area contributed by atoms with E-state index in [2.05, 4.69) is 4.90 Å². The molecule has 0 spiro atoms. The summed E-state index contributed by atoms with van der Waals surface area (Å²) in [6.07, 6.45) is 2.62. The lowest BCUT2D eigenvalue weighted by Gasteiger charge is -2.22. The van der Waals surface area contributed by atoms with Gasteiger partial charge in [0.15, 0.2) is 0 Å². The minimum Gasteiger partial charge on any atom is -0.508 e. The molecule has 2 N–H and O–H groups in total. The Kier molecular flexibility index (Phi) is 3.11. The van der Waals surface area contributed by atoms with Crippen LogP contribution in [-0.4, -0.2) is 29.4 Å². The molecule has 0 radical (unpaired) electrons. The van der Waals surface area contributed by atoms with Gasteiger partial charge in [-0.3, -0.25) is 0 Å². The van der Waals surface area contributed by atoms with E-state index in [0.717, 1.165) is 38.0 Å². The molecular weight excluding hydrogens is 190 g/mol. The Morgan fingerprint density at radius 1 is 1.07 bits per heavy atom. The van der Waals surface area contributed by atoms with Gasteiger partial charge in [-0.25, -0.2) is 0 Å². The topological polar surface area (TPSA) is 43.7 Å². The average molecular weight is 207 g/mol. The zero-order chi connectivity index (χ0) is 10.7. The summed E-state index contributed by atoms with van der Waals surface area (Å²) in [5, 5.41) is 18.7. The fourth-order valence-corrected chi connectivity index (χ4v) is 2.00. The quantitative estimate of drug-likeness (QED) is 0.737. The Labute approximate surface area is 90.0 Å². The minimum atomic E-state index is -0.146. The van der Waals surface area contributed by atoms with Gasteiger partial charge in [-0.15, -0.1) is 0 Å². The number of anilines is 1. The first-order chi connectivity index (χ1) is 7.25. The predicted molar refractivity (Wildman–Crippen MR) is 60.2 cm³/mol. The van der Waals surface area contributed by atoms with E-state index in [-0.39, 0.29) is 6.10 Å². The zero-order valence-electron chi connectivity index (χ0n) is 8.76. The van der Waals surface area contributed by atoms with Gasteiger partial charge >= 0.3 is 0 Å². The third-order valence-electron chi connectivity index (χ3n) is 2.91. The monoisotopic (exact) mass is 207 g/mol. The van der Waals surface area contributed by atoms with Crippen LogP contribution in [0, 0.1) is 0 Å². The van der Waals surface area contributed by atoms with Crippen LogP contribution < -0.4 is 4.90 Å². The number of rotatable bonds is 1. The Bertz CT molecular complexity index is 310. The van der Waals surface area contributed by atoms with E-state index in [1.807, 2.05) is 12.1 Å². The second kappa shape index (κ2) is 4.53. The third kappa shape index (κ3) is 2.63. The molecule has 1 unspecified atom stereocenters. The summed E-state index contributed by atoms with van der Waals surface area (Å²) in [5.74, 6) is 0.300. The number of hydrogen-bond donors (Lipinski definition) is 2. The molecule has 3 heteroatoms. The molecule has 15 heavy (non-hydrogen) atoms. The van der Waals surface area contributed by atoms with Gasteiger partial charge in [-0.2, -0.15) is 0 Å². The molecule has 0 bridgehead atoms. The SMILES string of the molecule is Oc1ccc(N2CCCC(O)CC2)cc1. The number of benzene rings is 1. The normalized spacial score (nSPS) is 22.5. The molecule has 2 rings (SSSR count). The summed E-state index contributed by atoms with van der Waals surface area (Å²) in [7, 11) is 0. The standard InChI is InChI=1S/C12H17NO2/c14-11-2-1-8-13(9-7-11)10-3-5-12(15)6-4-10/h3-6,11,14-15H,1-2,7-9H2. The van der Waals surface area contributed by atoms with E-state index >= 15 is 0 Å². The van der Waals surface area contributed by atoms with Crippen molar-refractivity contribution in [3.8, 4) is 5.75 Å². The molecule has 1 heterocycles. The largest absolute Gasteiger partial charge is 0.508 e. The Morgan fingerprint density at radius 3 is 2.53 bits per heavy atom. The zero-order valence-corrected chi connectivity index (χ0v) is 8.76. The van der Waals surface area contributed by atoms with Gasteiger partial charge in [-0.1, -0.05) is 0 Å². The second-order valence-corrected chi connectivity index (χ2v) is 4.09. The van der Waals surface area contributed by atoms with E-state index in [9.17, 15) is 10.2 Å². The summed E-state index contributed by atoms with van der Waals surface area (Å²) < 4.78 is 0. The van der Waals surface area contributed by atoms with Gasteiger partial charge < -0.3 is 15.1 Å². The third-order valence-corrected chi connectivity index (χ3v) is 2.91. The van der Waals surface area contributed by atoms with Crippen LogP contribution in [0.1, 0.15) is 19.3 Å². The van der Waals surface area contributed by atoms with Gasteiger partial charge in [0.25, 0.3) is 0 Å². The molecule has 0 aromatic heterocycles. The van der Waals surface area contributed by atoms with Crippen molar-refractivity contribution >= 4 is 5.69 Å². The maximum absolute atomic E-state index is 9.53. The molecule has 1 aliphatic heterocycles. The summed E-state index contributed by atoms with van der Waals surface area (Å²) in [5.41, 5.74) is 1.13. The maximum Gasteiger partial charge on any atom is 0.115 e. The molecule has 0 amide bonds. The number of aromatic hydroxyl groups is 1. The van der Waals surface area contributed by atoms with E-state index in [1.54, 1.807) is 12.1 Å². The number of aliphatic hydroxyl groups excluding tert-OH is 1. The fraction of sp³-hybridized carbons (Fsp3) is 0.500. The van der Waals surface area contributed by atoms with Gasteiger partial charge in [-0.05, 0) is 43.5 Å². The maximum atomic E-state index is 9.53. The van der Waals surface area contributed by atoms with Crippen LogP contribution in [0.25, 0.3) is 0 Å². The molecule has 1 fully saturated rings. The smallest absolute Gasteiger partial charge is 0.115 e. The number of phenols is 1. The van der Waals surface area contributed by atoms with Crippen molar-refractivity contribution in [2.24, 2.45) is 0 Å². The Morgan fingerprint density at radius 2 is 1.80 bits per heavy atom. The molecule has 1 aliphatic rings. The lowest BCUT2D eigenvalue weighted by molar-refractivity contribution is 0.161. The summed E-state index contributed by atoms with van der Waals surface area (Å²) in [6, 6.07) is 7.26. The minimum absolute atomic E-state index is 0.146. The molecule has 0 aliphatic carbocycles. The van der Waals surface area contributed by atoms with Crippen molar-refractivity contribution in [2.45, 2.75) is 25.4 Å². The molecule has 3 nitrogen and oxygen atoms in total. The highest BCUT2D eigenvalue weighted by molar-refractivity contribution is 5.48. The van der Waals surface area contributed by atoms with Crippen LogP contribution >= 0.6 is 0 Å². The first kappa shape index (κ1) is 10.3. The fourth-order valence-electron chi connectivity index (χ4n) is 2.00. The van der Waals surface area contributed by atoms with Crippen LogP contribution in [0.15, 0.2) is 24.3 Å². The molecule has 0 saturated carbocycles. The second-order valence-electron chi connectivity index (χ2n) is 4.09. The number of phenolic OH excluding ortho intramolecular Hbond substituents is 1. The Hall–Kier alpha value is -1.22. The highest BCUT2D eigenvalue weighted by atomic mass is 16.3. The van der Waals surface area contributed by atoms with Crippen molar-refractivity contribution in [2.75, 3.05) is 18.0 Å². The highest BCUT2D eigenvalue weighted by Crippen LogP contribution is 2.21. The Balaban J connectivity index is 2.06. The van der Waals surface area contributed by atoms with Crippen molar-refractivity contribution in [3.05, 3.63) is 24.3 Å². The summed E-state index contributed by atoms with van der Waals surface area (Å²) in [6.45, 7) is 1.88. The van der Waals surface area contributed by atoms with Gasteiger partial charge in [0.2, 0.25) is 0 Å². The van der Waals surface area contributed by atoms with Crippen molar-refractivity contribution in [1.82, 2.24) is 0 Å². The van der Waals surface area contributed by atoms with Crippen LogP contribution in [0.4, 0.5) is 5.69 Å². The van der Waals surface area contributed by atoms with E-state index in [4.69, 9.17) is 0 Å². The van der Waals surface area contributed by atoms with E-state index in [0.29, 0.717) is 5.75 Å². The number of aliphatic hydroxyl groups is 1. The molecule has 82 valence electrons. The van der Waals surface area contributed by atoms with E-state index < -0.39 is 0 Å². The average Bonchev–Trinajstić information content (AvgIpc) is 2.44. The van der Waals surface area contributed by atoms with Gasteiger partial charge in [0.1, 0.15) is 5.75 Å². The lowest BCUT2D eigenvalue weighted by Crippen LogP contribution is -2.24. The van der Waals surface area contributed by atoms with Crippen LogP contribution in [-0.2, 0) is 0 Å². The molecule has 1 saturated heterocycles. The van der Waals surface area contributed by atoms with Crippen LogP contribution in [0.2, 0.25) is 0 Å². The van der Waals surface area contributed by atoms with Crippen LogP contribution in [0.3, 0.4) is 0 Å². The lowest BCUT2D eigenvalue weighted by atomic mass is 10.2. The summed E-state index contributed by atoms with van der Waals surface area (Å²) in [4.78, 5) is 2.26. The van der Waals surface area contributed by atoms with Crippen molar-refractivity contribution in [3.63, 3.8) is 0 Å².